The first kappa shape index (κ1) is 15.4. The van der Waals surface area contributed by atoms with E-state index in [1.54, 1.807) is 0 Å². The smallest absolute Gasteiger partial charge is 0.355 e. The van der Waals surface area contributed by atoms with Crippen molar-refractivity contribution in [3.8, 4) is 0 Å². The van der Waals surface area contributed by atoms with Crippen LogP contribution in [0.1, 0.15) is 17.0 Å². The minimum absolute atomic E-state index is 0.0493. The monoisotopic (exact) mass is 307 g/mol. The summed E-state index contributed by atoms with van der Waals surface area (Å²) in [6.45, 7) is 4.47. The lowest BCUT2D eigenvalue weighted by atomic mass is 10.2. The Kier molecular flexibility index (Phi) is 5.21. The number of rotatable bonds is 6. The van der Waals surface area contributed by atoms with Crippen molar-refractivity contribution in [3.05, 3.63) is 45.7 Å². The van der Waals surface area contributed by atoms with Crippen molar-refractivity contribution >= 4 is 17.7 Å². The molecule has 7 heteroatoms. The lowest BCUT2D eigenvalue weighted by molar-refractivity contribution is -0.118. The summed E-state index contributed by atoms with van der Waals surface area (Å²) in [6, 6.07) is 6.18. The molecule has 0 aliphatic carbocycles. The maximum atomic E-state index is 11.8. The highest BCUT2D eigenvalue weighted by atomic mass is 32.2. The third-order valence-corrected chi connectivity index (χ3v) is 4.03. The van der Waals surface area contributed by atoms with Crippen molar-refractivity contribution in [2.24, 2.45) is 0 Å². The summed E-state index contributed by atoms with van der Waals surface area (Å²) in [4.78, 5) is 26.0. The van der Waals surface area contributed by atoms with Crippen LogP contribution in [0.3, 0.4) is 0 Å². The van der Waals surface area contributed by atoms with E-state index in [1.165, 1.54) is 22.9 Å². The molecular weight excluding hydrogens is 290 g/mol. The minimum Gasteiger partial charge on any atom is -0.355 e. The number of hydrogen-bond acceptors (Lipinski definition) is 5. The van der Waals surface area contributed by atoms with E-state index < -0.39 is 5.76 Å². The van der Waals surface area contributed by atoms with Crippen LogP contribution in [0.15, 0.2) is 32.4 Å². The van der Waals surface area contributed by atoms with E-state index >= 15 is 0 Å². The van der Waals surface area contributed by atoms with Crippen LogP contribution in [-0.2, 0) is 11.2 Å². The molecule has 0 aliphatic heterocycles. The summed E-state index contributed by atoms with van der Waals surface area (Å²) in [5, 5.41) is 6.31. The molecule has 0 atom stereocenters. The summed E-state index contributed by atoms with van der Waals surface area (Å²) < 4.78 is 4.37. The van der Waals surface area contributed by atoms with Gasteiger partial charge in [0.2, 0.25) is 5.91 Å². The summed E-state index contributed by atoms with van der Waals surface area (Å²) in [7, 11) is 0. The summed E-state index contributed by atoms with van der Waals surface area (Å²) in [5.41, 5.74) is 2.34. The van der Waals surface area contributed by atoms with E-state index in [-0.39, 0.29) is 5.91 Å². The number of amides is 1. The summed E-state index contributed by atoms with van der Waals surface area (Å²) in [5.74, 6) is 0.163. The number of aromatic amines is 1. The van der Waals surface area contributed by atoms with Crippen molar-refractivity contribution < 1.29 is 9.32 Å². The molecule has 0 spiro atoms. The number of aryl methyl sites for hydroxylation is 2. The second-order valence-electron chi connectivity index (χ2n) is 4.70. The third-order valence-electron chi connectivity index (χ3n) is 2.87. The van der Waals surface area contributed by atoms with E-state index in [2.05, 4.69) is 38.2 Å². The zero-order valence-corrected chi connectivity index (χ0v) is 12.8. The highest BCUT2D eigenvalue weighted by Gasteiger charge is 2.06. The van der Waals surface area contributed by atoms with Crippen molar-refractivity contribution in [1.29, 1.82) is 0 Å². The largest absolute Gasteiger partial charge is 0.438 e. The van der Waals surface area contributed by atoms with Crippen molar-refractivity contribution in [2.45, 2.75) is 25.2 Å². The van der Waals surface area contributed by atoms with Crippen molar-refractivity contribution in [3.63, 3.8) is 0 Å². The second kappa shape index (κ2) is 7.12. The highest BCUT2D eigenvalue weighted by Crippen LogP contribution is 2.23. The normalized spacial score (nSPS) is 10.6. The van der Waals surface area contributed by atoms with Gasteiger partial charge in [0.05, 0.1) is 5.75 Å². The predicted molar refractivity (Wildman–Crippen MR) is 80.5 cm³/mol. The molecule has 2 aromatic rings. The Morgan fingerprint density at radius 2 is 2.24 bits per heavy atom. The van der Waals surface area contributed by atoms with Gasteiger partial charge in [0.1, 0.15) is 0 Å². The summed E-state index contributed by atoms with van der Waals surface area (Å²) in [6.07, 6.45) is 0.436. The molecule has 21 heavy (non-hydrogen) atoms. The molecule has 0 bridgehead atoms. The third kappa shape index (κ3) is 4.78. The van der Waals surface area contributed by atoms with Crippen LogP contribution < -0.4 is 11.1 Å². The van der Waals surface area contributed by atoms with Crippen molar-refractivity contribution in [2.75, 3.05) is 12.3 Å². The molecule has 112 valence electrons. The maximum Gasteiger partial charge on any atom is 0.438 e. The van der Waals surface area contributed by atoms with E-state index in [0.717, 1.165) is 4.90 Å². The molecule has 2 N–H and O–H groups in total. The first-order chi connectivity index (χ1) is 10.0. The fourth-order valence-electron chi connectivity index (χ4n) is 1.75. The van der Waals surface area contributed by atoms with Gasteiger partial charge in [-0.3, -0.25) is 14.3 Å². The van der Waals surface area contributed by atoms with Gasteiger partial charge in [-0.1, -0.05) is 22.9 Å². The van der Waals surface area contributed by atoms with Crippen LogP contribution in [0, 0.1) is 13.8 Å². The van der Waals surface area contributed by atoms with Crippen LogP contribution in [0.2, 0.25) is 0 Å². The Balaban J connectivity index is 1.74. The lowest BCUT2D eigenvalue weighted by Gasteiger charge is -2.07. The molecule has 0 radical (unpaired) electrons. The number of carbonyl (C=O) groups is 1. The van der Waals surface area contributed by atoms with E-state index in [4.69, 9.17) is 0 Å². The van der Waals surface area contributed by atoms with Crippen LogP contribution in [-0.4, -0.2) is 28.3 Å². The number of H-pyrrole nitrogens is 1. The average molecular weight is 307 g/mol. The SMILES string of the molecule is Cc1ccc(C)c(SCC(=O)NCCc2noc(=O)[nH]2)c1. The highest BCUT2D eigenvalue weighted by molar-refractivity contribution is 8.00. The quantitative estimate of drug-likeness (QED) is 0.788. The fourth-order valence-corrected chi connectivity index (χ4v) is 2.70. The molecule has 2 rings (SSSR count). The van der Waals surface area contributed by atoms with Crippen LogP contribution in [0.4, 0.5) is 0 Å². The predicted octanol–water partition coefficient (Wildman–Crippen LogP) is 1.43. The van der Waals surface area contributed by atoms with Gasteiger partial charge in [0.25, 0.3) is 0 Å². The van der Waals surface area contributed by atoms with Gasteiger partial charge in [-0.25, -0.2) is 4.79 Å². The fraction of sp³-hybridized carbons (Fsp3) is 0.357. The van der Waals surface area contributed by atoms with Crippen LogP contribution in [0.5, 0.6) is 0 Å². The topological polar surface area (TPSA) is 88.0 Å². The molecule has 0 fully saturated rings. The molecule has 1 aromatic carbocycles. The van der Waals surface area contributed by atoms with Crippen LogP contribution in [0.25, 0.3) is 0 Å². The van der Waals surface area contributed by atoms with E-state index in [1.807, 2.05) is 13.8 Å². The number of nitrogens with zero attached hydrogens (tertiary/aromatic N) is 1. The molecule has 0 saturated heterocycles. The van der Waals surface area contributed by atoms with Gasteiger partial charge in [-0.2, -0.15) is 0 Å². The Morgan fingerprint density at radius 1 is 1.43 bits per heavy atom. The molecular formula is C14H17N3O3S. The molecule has 6 nitrogen and oxygen atoms in total. The Labute approximate surface area is 126 Å². The van der Waals surface area contributed by atoms with E-state index in [9.17, 15) is 9.59 Å². The lowest BCUT2D eigenvalue weighted by Crippen LogP contribution is -2.27. The number of hydrogen-bond donors (Lipinski definition) is 2. The number of aromatic nitrogens is 2. The Morgan fingerprint density at radius 3 is 2.95 bits per heavy atom. The van der Waals surface area contributed by atoms with E-state index in [0.29, 0.717) is 24.5 Å². The van der Waals surface area contributed by atoms with Crippen molar-refractivity contribution in [1.82, 2.24) is 15.5 Å². The number of nitrogens with one attached hydrogen (secondary N) is 2. The first-order valence-electron chi connectivity index (χ1n) is 6.56. The molecule has 1 amide bonds. The first-order valence-corrected chi connectivity index (χ1v) is 7.55. The number of thioether (sulfide) groups is 1. The van der Waals surface area contributed by atoms with Gasteiger partial charge in [0, 0.05) is 17.9 Å². The molecule has 1 heterocycles. The zero-order valence-electron chi connectivity index (χ0n) is 11.9. The zero-order chi connectivity index (χ0) is 15.2. The molecule has 0 unspecified atom stereocenters. The Hall–Kier alpha value is -2.02. The number of benzene rings is 1. The summed E-state index contributed by atoms with van der Waals surface area (Å²) >= 11 is 1.52. The van der Waals surface area contributed by atoms with Gasteiger partial charge in [-0.15, -0.1) is 11.8 Å². The van der Waals surface area contributed by atoms with Gasteiger partial charge in [0.15, 0.2) is 5.82 Å². The molecule has 0 aliphatic rings. The maximum absolute atomic E-state index is 11.8. The van der Waals surface area contributed by atoms with Gasteiger partial charge < -0.3 is 5.32 Å². The van der Waals surface area contributed by atoms with Gasteiger partial charge in [-0.05, 0) is 25.5 Å². The van der Waals surface area contributed by atoms with Gasteiger partial charge >= 0.3 is 5.76 Å². The average Bonchev–Trinajstić information content (AvgIpc) is 2.85. The molecule has 1 aromatic heterocycles. The second-order valence-corrected chi connectivity index (χ2v) is 5.72. The molecule has 0 saturated carbocycles. The van der Waals surface area contributed by atoms with Crippen LogP contribution >= 0.6 is 11.8 Å². The standard InChI is InChI=1S/C14H17N3O3S/c1-9-3-4-10(2)11(7-9)21-8-13(18)15-6-5-12-16-14(19)20-17-12/h3-4,7H,5-6,8H2,1-2H3,(H,15,18)(H,16,17,19). The number of carbonyl (C=O) groups excluding carboxylic acids is 1. The minimum atomic E-state index is -0.582. The Bertz CT molecular complexity index is 678.